The molecule has 20 heavy (non-hydrogen) atoms. The van der Waals surface area contributed by atoms with Crippen LogP contribution < -0.4 is 14.9 Å². The van der Waals surface area contributed by atoms with Gasteiger partial charge in [0.1, 0.15) is 13.2 Å². The Bertz CT molecular complexity index is 528. The monoisotopic (exact) mass is 296 g/mol. The number of benzene rings is 1. The van der Waals surface area contributed by atoms with Gasteiger partial charge in [-0.05, 0) is 33.8 Å². The van der Waals surface area contributed by atoms with Crippen molar-refractivity contribution in [2.75, 3.05) is 13.2 Å². The predicted molar refractivity (Wildman–Crippen MR) is 78.2 cm³/mol. The van der Waals surface area contributed by atoms with Crippen molar-refractivity contribution in [2.45, 2.75) is 38.9 Å². The molecule has 0 atom stereocenters. The van der Waals surface area contributed by atoms with Gasteiger partial charge in [0.05, 0.1) is 11.2 Å². The molecule has 0 amide bonds. The molecule has 3 rings (SSSR count). The van der Waals surface area contributed by atoms with Crippen LogP contribution in [0.3, 0.4) is 0 Å². The van der Waals surface area contributed by atoms with E-state index in [-0.39, 0.29) is 0 Å². The highest BCUT2D eigenvalue weighted by Gasteiger charge is 2.52. The van der Waals surface area contributed by atoms with E-state index in [1.54, 1.807) is 6.07 Å². The van der Waals surface area contributed by atoms with Crippen LogP contribution in [0.1, 0.15) is 27.7 Å². The third-order valence-corrected chi connectivity index (χ3v) is 4.50. The molecule has 0 unspecified atom stereocenters. The van der Waals surface area contributed by atoms with Gasteiger partial charge in [-0.15, -0.1) is 0 Å². The molecule has 4 nitrogen and oxygen atoms in total. The quantitative estimate of drug-likeness (QED) is 0.746. The minimum atomic E-state index is -0.497. The highest BCUT2D eigenvalue weighted by molar-refractivity contribution is 6.65. The lowest BCUT2D eigenvalue weighted by molar-refractivity contribution is 0.00578. The van der Waals surface area contributed by atoms with E-state index >= 15 is 0 Å². The van der Waals surface area contributed by atoms with Crippen molar-refractivity contribution >= 4 is 24.2 Å². The minimum Gasteiger partial charge on any atom is -0.486 e. The van der Waals surface area contributed by atoms with E-state index in [0.29, 0.717) is 29.7 Å². The largest absolute Gasteiger partial charge is 0.496 e. The van der Waals surface area contributed by atoms with Crippen LogP contribution in [0.15, 0.2) is 12.1 Å². The molecule has 2 aliphatic heterocycles. The molecular formula is C14H18BClO4. The molecule has 0 radical (unpaired) electrons. The lowest BCUT2D eigenvalue weighted by Gasteiger charge is -2.32. The van der Waals surface area contributed by atoms with Crippen LogP contribution in [0.25, 0.3) is 0 Å². The highest BCUT2D eigenvalue weighted by atomic mass is 35.5. The molecule has 2 aliphatic rings. The van der Waals surface area contributed by atoms with Gasteiger partial charge in [0.25, 0.3) is 0 Å². The average molecular weight is 297 g/mol. The first-order chi connectivity index (χ1) is 9.30. The Kier molecular flexibility index (Phi) is 3.20. The van der Waals surface area contributed by atoms with E-state index in [1.807, 2.05) is 33.8 Å². The zero-order valence-electron chi connectivity index (χ0n) is 12.2. The number of fused-ring (bicyclic) bond motifs is 1. The van der Waals surface area contributed by atoms with Crippen molar-refractivity contribution in [2.24, 2.45) is 0 Å². The van der Waals surface area contributed by atoms with Gasteiger partial charge >= 0.3 is 7.12 Å². The van der Waals surface area contributed by atoms with Crippen molar-refractivity contribution in [1.29, 1.82) is 0 Å². The molecule has 0 N–H and O–H groups in total. The molecule has 0 saturated carbocycles. The number of hydrogen-bond acceptors (Lipinski definition) is 4. The summed E-state index contributed by atoms with van der Waals surface area (Å²) in [7, 11) is -0.497. The molecule has 0 aromatic heterocycles. The highest BCUT2D eigenvalue weighted by Crippen LogP contribution is 2.38. The Morgan fingerprint density at radius 2 is 1.45 bits per heavy atom. The summed E-state index contributed by atoms with van der Waals surface area (Å²) in [5.74, 6) is 1.35. The maximum absolute atomic E-state index is 6.33. The lowest BCUT2D eigenvalue weighted by Crippen LogP contribution is -2.41. The predicted octanol–water partition coefficient (Wildman–Crippen LogP) is 2.41. The molecule has 1 saturated heterocycles. The molecule has 2 heterocycles. The van der Waals surface area contributed by atoms with Crippen LogP contribution in [0.4, 0.5) is 0 Å². The van der Waals surface area contributed by atoms with Gasteiger partial charge in [0.15, 0.2) is 11.5 Å². The Balaban J connectivity index is 1.96. The van der Waals surface area contributed by atoms with Crippen molar-refractivity contribution in [3.63, 3.8) is 0 Å². The van der Waals surface area contributed by atoms with Crippen molar-refractivity contribution in [1.82, 2.24) is 0 Å². The topological polar surface area (TPSA) is 36.9 Å². The Hall–Kier alpha value is -0.905. The van der Waals surface area contributed by atoms with Crippen LogP contribution in [-0.4, -0.2) is 31.5 Å². The third-order valence-electron chi connectivity index (χ3n) is 4.17. The summed E-state index contributed by atoms with van der Waals surface area (Å²) in [5.41, 5.74) is -0.0164. The zero-order valence-corrected chi connectivity index (χ0v) is 12.9. The van der Waals surface area contributed by atoms with Crippen LogP contribution >= 0.6 is 11.6 Å². The molecule has 6 heteroatoms. The van der Waals surface area contributed by atoms with Crippen LogP contribution in [0, 0.1) is 0 Å². The molecule has 0 bridgehead atoms. The molecule has 0 aliphatic carbocycles. The summed E-state index contributed by atoms with van der Waals surface area (Å²) in [6.45, 7) is 9.13. The number of rotatable bonds is 1. The van der Waals surface area contributed by atoms with Crippen molar-refractivity contribution in [3.8, 4) is 11.5 Å². The molecule has 1 aromatic rings. The van der Waals surface area contributed by atoms with Gasteiger partial charge < -0.3 is 18.8 Å². The molecule has 108 valence electrons. The van der Waals surface area contributed by atoms with E-state index in [2.05, 4.69) is 0 Å². The summed E-state index contributed by atoms with van der Waals surface area (Å²) in [6.07, 6.45) is 0. The summed E-state index contributed by atoms with van der Waals surface area (Å²) in [6, 6.07) is 3.61. The van der Waals surface area contributed by atoms with E-state index < -0.39 is 18.3 Å². The standard InChI is InChI=1S/C14H18BClO4/c1-13(2)14(3,4)20-15(19-13)9-7-11-12(8-10(9)16)18-6-5-17-11/h7-8H,5-6H2,1-4H3. The Morgan fingerprint density at radius 3 is 2.00 bits per heavy atom. The molecular weight excluding hydrogens is 278 g/mol. The van der Waals surface area contributed by atoms with Crippen molar-refractivity contribution in [3.05, 3.63) is 17.2 Å². The maximum atomic E-state index is 6.33. The van der Waals surface area contributed by atoms with Gasteiger partial charge in [-0.3, -0.25) is 0 Å². The van der Waals surface area contributed by atoms with Crippen LogP contribution in [-0.2, 0) is 9.31 Å². The number of hydrogen-bond donors (Lipinski definition) is 0. The Morgan fingerprint density at radius 1 is 0.950 bits per heavy atom. The summed E-state index contributed by atoms with van der Waals surface area (Å²) < 4.78 is 23.1. The molecule has 0 spiro atoms. The maximum Gasteiger partial charge on any atom is 0.496 e. The average Bonchev–Trinajstić information content (AvgIpc) is 2.57. The van der Waals surface area contributed by atoms with Crippen LogP contribution in [0.5, 0.6) is 11.5 Å². The van der Waals surface area contributed by atoms with Gasteiger partial charge in [-0.1, -0.05) is 11.6 Å². The van der Waals surface area contributed by atoms with E-state index in [1.165, 1.54) is 0 Å². The fraction of sp³-hybridized carbons (Fsp3) is 0.571. The molecule has 1 aromatic carbocycles. The van der Waals surface area contributed by atoms with Gasteiger partial charge in [0.2, 0.25) is 0 Å². The summed E-state index contributed by atoms with van der Waals surface area (Å²) in [4.78, 5) is 0. The van der Waals surface area contributed by atoms with E-state index in [0.717, 1.165) is 5.46 Å². The minimum absolute atomic E-state index is 0.395. The summed E-state index contributed by atoms with van der Waals surface area (Å²) >= 11 is 6.33. The first kappa shape index (κ1) is 14.0. The van der Waals surface area contributed by atoms with E-state index in [9.17, 15) is 0 Å². The third kappa shape index (κ3) is 2.18. The van der Waals surface area contributed by atoms with E-state index in [4.69, 9.17) is 30.4 Å². The van der Waals surface area contributed by atoms with Gasteiger partial charge in [-0.25, -0.2) is 0 Å². The fourth-order valence-electron chi connectivity index (χ4n) is 2.23. The van der Waals surface area contributed by atoms with Crippen molar-refractivity contribution < 1.29 is 18.8 Å². The first-order valence-electron chi connectivity index (χ1n) is 6.75. The van der Waals surface area contributed by atoms with Gasteiger partial charge in [0, 0.05) is 16.6 Å². The second-order valence-electron chi connectivity index (χ2n) is 6.11. The van der Waals surface area contributed by atoms with Gasteiger partial charge in [-0.2, -0.15) is 0 Å². The van der Waals surface area contributed by atoms with Crippen LogP contribution in [0.2, 0.25) is 5.02 Å². The lowest BCUT2D eigenvalue weighted by atomic mass is 9.79. The zero-order chi connectivity index (χ0) is 14.5. The second-order valence-corrected chi connectivity index (χ2v) is 6.51. The first-order valence-corrected chi connectivity index (χ1v) is 7.13. The SMILES string of the molecule is CC1(C)OB(c2cc3c(cc2Cl)OCCO3)OC1(C)C. The fourth-order valence-corrected chi connectivity index (χ4v) is 2.47. The molecule has 1 fully saturated rings. The smallest absolute Gasteiger partial charge is 0.486 e. The summed E-state index contributed by atoms with van der Waals surface area (Å²) in [5, 5.41) is 0.563. The second kappa shape index (κ2) is 4.55. The Labute approximate surface area is 124 Å². The normalized spacial score (nSPS) is 22.9. The number of halogens is 1. The number of ether oxygens (including phenoxy) is 2.